The molecule has 0 atom stereocenters. The lowest BCUT2D eigenvalue weighted by atomic mass is 10.1. The Morgan fingerprint density at radius 1 is 1.37 bits per heavy atom. The summed E-state index contributed by atoms with van der Waals surface area (Å²) in [6, 6.07) is 4.70. The van der Waals surface area contributed by atoms with Crippen molar-refractivity contribution >= 4 is 17.4 Å². The predicted molar refractivity (Wildman–Crippen MR) is 73.4 cm³/mol. The van der Waals surface area contributed by atoms with Crippen LogP contribution in [0.3, 0.4) is 0 Å². The second-order valence-corrected chi connectivity index (χ2v) is 4.26. The van der Waals surface area contributed by atoms with Gasteiger partial charge >= 0.3 is 6.03 Å². The van der Waals surface area contributed by atoms with Crippen molar-refractivity contribution in [3.63, 3.8) is 0 Å². The third-order valence-electron chi connectivity index (χ3n) is 2.62. The van der Waals surface area contributed by atoms with E-state index in [0.29, 0.717) is 24.3 Å². The predicted octanol–water partition coefficient (Wildman–Crippen LogP) is 1.59. The number of urea groups is 1. The number of anilines is 1. The molecule has 0 unspecified atom stereocenters. The zero-order valence-electron chi connectivity index (χ0n) is 11.3. The summed E-state index contributed by atoms with van der Waals surface area (Å²) in [5, 5.41) is 16.5. The summed E-state index contributed by atoms with van der Waals surface area (Å²) in [6.45, 7) is 2.64. The average Bonchev–Trinajstić information content (AvgIpc) is 2.35. The van der Waals surface area contributed by atoms with E-state index in [1.165, 1.54) is 11.0 Å². The maximum absolute atomic E-state index is 11.3. The van der Waals surface area contributed by atoms with Crippen molar-refractivity contribution in [3.8, 4) is 0 Å². The quantitative estimate of drug-likeness (QED) is 0.481. The molecule has 0 fully saturated rings. The highest BCUT2D eigenvalue weighted by molar-refractivity contribution is 5.73. The van der Waals surface area contributed by atoms with Gasteiger partial charge in [0.25, 0.3) is 5.69 Å². The van der Waals surface area contributed by atoms with Gasteiger partial charge in [0, 0.05) is 44.5 Å². The van der Waals surface area contributed by atoms with E-state index in [-0.39, 0.29) is 11.7 Å². The molecule has 0 saturated carbocycles. The maximum atomic E-state index is 11.3. The van der Waals surface area contributed by atoms with Crippen LogP contribution in [0.15, 0.2) is 18.2 Å². The Morgan fingerprint density at radius 2 is 2.05 bits per heavy atom. The van der Waals surface area contributed by atoms with Gasteiger partial charge in [0.1, 0.15) is 0 Å². The number of nitrogens with one attached hydrogen (secondary N) is 2. The van der Waals surface area contributed by atoms with Crippen molar-refractivity contribution in [3.05, 3.63) is 33.9 Å². The Labute approximate surface area is 111 Å². The van der Waals surface area contributed by atoms with E-state index in [9.17, 15) is 14.9 Å². The Bertz CT molecular complexity index is 474. The van der Waals surface area contributed by atoms with Gasteiger partial charge in [-0.2, -0.15) is 0 Å². The molecule has 7 nitrogen and oxygen atoms in total. The van der Waals surface area contributed by atoms with E-state index in [1.807, 2.05) is 0 Å². The van der Waals surface area contributed by atoms with Gasteiger partial charge in [-0.25, -0.2) is 4.79 Å². The molecule has 0 aliphatic carbocycles. The topological polar surface area (TPSA) is 87.5 Å². The minimum Gasteiger partial charge on any atom is -0.383 e. The molecule has 1 aromatic carbocycles. The molecule has 104 valence electrons. The normalized spacial score (nSPS) is 9.84. The van der Waals surface area contributed by atoms with E-state index in [1.54, 1.807) is 33.2 Å². The first-order valence-electron chi connectivity index (χ1n) is 5.86. The Hall–Kier alpha value is -2.31. The molecule has 2 amide bonds. The van der Waals surface area contributed by atoms with Crippen LogP contribution in [-0.2, 0) is 0 Å². The lowest BCUT2D eigenvalue weighted by molar-refractivity contribution is -0.385. The molecule has 0 radical (unpaired) electrons. The van der Waals surface area contributed by atoms with E-state index in [2.05, 4.69) is 10.6 Å². The number of hydrogen-bond donors (Lipinski definition) is 2. The first-order valence-corrected chi connectivity index (χ1v) is 5.86. The summed E-state index contributed by atoms with van der Waals surface area (Å²) in [7, 11) is 3.32. The molecule has 2 N–H and O–H groups in total. The zero-order chi connectivity index (χ0) is 14.4. The second-order valence-electron chi connectivity index (χ2n) is 4.26. The van der Waals surface area contributed by atoms with Gasteiger partial charge in [0.05, 0.1) is 4.92 Å². The van der Waals surface area contributed by atoms with Crippen molar-refractivity contribution in [1.82, 2.24) is 10.2 Å². The maximum Gasteiger partial charge on any atom is 0.316 e. The first kappa shape index (κ1) is 14.7. The summed E-state index contributed by atoms with van der Waals surface area (Å²) >= 11 is 0. The molecular weight excluding hydrogens is 248 g/mol. The third kappa shape index (κ3) is 4.13. The van der Waals surface area contributed by atoms with Gasteiger partial charge < -0.3 is 15.5 Å². The first-order chi connectivity index (χ1) is 8.93. The summed E-state index contributed by atoms with van der Waals surface area (Å²) in [5.41, 5.74) is 1.38. The summed E-state index contributed by atoms with van der Waals surface area (Å²) < 4.78 is 0. The number of hydrogen-bond acceptors (Lipinski definition) is 4. The molecule has 0 aromatic heterocycles. The van der Waals surface area contributed by atoms with Crippen LogP contribution < -0.4 is 10.6 Å². The standard InChI is InChI=1S/C12H18N4O3/c1-9-10(5-4-6-11(9)16(18)19)13-7-8-14-12(17)15(2)3/h4-6,13H,7-8H2,1-3H3,(H,14,17). The van der Waals surface area contributed by atoms with Crippen molar-refractivity contribution in [2.24, 2.45) is 0 Å². The fourth-order valence-corrected chi connectivity index (χ4v) is 1.54. The van der Waals surface area contributed by atoms with Gasteiger partial charge in [-0.1, -0.05) is 6.07 Å². The van der Waals surface area contributed by atoms with Crippen LogP contribution in [0.1, 0.15) is 5.56 Å². The van der Waals surface area contributed by atoms with Crippen LogP contribution in [0.2, 0.25) is 0 Å². The lowest BCUT2D eigenvalue weighted by Gasteiger charge is -2.13. The second kappa shape index (κ2) is 6.58. The van der Waals surface area contributed by atoms with E-state index in [4.69, 9.17) is 0 Å². The van der Waals surface area contributed by atoms with Gasteiger partial charge in [-0.15, -0.1) is 0 Å². The fourth-order valence-electron chi connectivity index (χ4n) is 1.54. The third-order valence-corrected chi connectivity index (χ3v) is 2.62. The van der Waals surface area contributed by atoms with Crippen LogP contribution >= 0.6 is 0 Å². The number of nitro groups is 1. The van der Waals surface area contributed by atoms with Crippen molar-refractivity contribution in [2.75, 3.05) is 32.5 Å². The molecule has 19 heavy (non-hydrogen) atoms. The SMILES string of the molecule is Cc1c(NCCNC(=O)N(C)C)cccc1[N+](=O)[O-]. The van der Waals surface area contributed by atoms with E-state index in [0.717, 1.165) is 0 Å². The number of carbonyl (C=O) groups excluding carboxylic acids is 1. The van der Waals surface area contributed by atoms with Crippen LogP contribution in [-0.4, -0.2) is 43.0 Å². The Balaban J connectivity index is 2.53. The number of nitro benzene ring substituents is 1. The summed E-state index contributed by atoms with van der Waals surface area (Å²) in [4.78, 5) is 23.1. The minimum absolute atomic E-state index is 0.0855. The highest BCUT2D eigenvalue weighted by Gasteiger charge is 2.12. The number of nitrogens with zero attached hydrogens (tertiary/aromatic N) is 2. The van der Waals surface area contributed by atoms with Gasteiger partial charge in [-0.05, 0) is 13.0 Å². The molecule has 1 rings (SSSR count). The highest BCUT2D eigenvalue weighted by Crippen LogP contribution is 2.24. The lowest BCUT2D eigenvalue weighted by Crippen LogP contribution is -2.37. The molecule has 1 aromatic rings. The van der Waals surface area contributed by atoms with Gasteiger partial charge in [-0.3, -0.25) is 10.1 Å². The summed E-state index contributed by atoms with van der Waals surface area (Å²) in [5.74, 6) is 0. The number of rotatable bonds is 5. The molecular formula is C12H18N4O3. The largest absolute Gasteiger partial charge is 0.383 e. The highest BCUT2D eigenvalue weighted by atomic mass is 16.6. The van der Waals surface area contributed by atoms with Gasteiger partial charge in [0.2, 0.25) is 0 Å². The smallest absolute Gasteiger partial charge is 0.316 e. The van der Waals surface area contributed by atoms with Crippen LogP contribution in [0.4, 0.5) is 16.2 Å². The van der Waals surface area contributed by atoms with Crippen LogP contribution in [0.5, 0.6) is 0 Å². The molecule has 0 aliphatic rings. The van der Waals surface area contributed by atoms with E-state index < -0.39 is 4.92 Å². The molecule has 0 heterocycles. The van der Waals surface area contributed by atoms with Crippen LogP contribution in [0, 0.1) is 17.0 Å². The van der Waals surface area contributed by atoms with Crippen molar-refractivity contribution in [2.45, 2.75) is 6.92 Å². The number of carbonyl (C=O) groups is 1. The summed E-state index contributed by atoms with van der Waals surface area (Å²) in [6.07, 6.45) is 0. The van der Waals surface area contributed by atoms with E-state index >= 15 is 0 Å². The van der Waals surface area contributed by atoms with Crippen molar-refractivity contribution in [1.29, 1.82) is 0 Å². The monoisotopic (exact) mass is 266 g/mol. The Kier molecular flexibility index (Phi) is 5.11. The molecule has 0 spiro atoms. The molecule has 0 saturated heterocycles. The molecule has 7 heteroatoms. The Morgan fingerprint density at radius 3 is 2.63 bits per heavy atom. The zero-order valence-corrected chi connectivity index (χ0v) is 11.3. The fraction of sp³-hybridized carbons (Fsp3) is 0.417. The minimum atomic E-state index is -0.408. The van der Waals surface area contributed by atoms with Crippen molar-refractivity contribution < 1.29 is 9.72 Å². The molecule has 0 bridgehead atoms. The van der Waals surface area contributed by atoms with Crippen LogP contribution in [0.25, 0.3) is 0 Å². The number of benzene rings is 1. The molecule has 0 aliphatic heterocycles. The van der Waals surface area contributed by atoms with Gasteiger partial charge in [0.15, 0.2) is 0 Å². The average molecular weight is 266 g/mol. The number of amides is 2.